The number of hydrogen-bond acceptors (Lipinski definition) is 4. The molecule has 20 heavy (non-hydrogen) atoms. The normalized spacial score (nSPS) is 10.2. The van der Waals surface area contributed by atoms with Crippen molar-refractivity contribution < 1.29 is 15.0 Å². The van der Waals surface area contributed by atoms with Gasteiger partial charge in [-0.1, -0.05) is 13.0 Å². The number of aromatic nitrogens is 1. The predicted octanol–water partition coefficient (Wildman–Crippen LogP) is 1.99. The molecule has 2 aromatic rings. The zero-order chi connectivity index (χ0) is 14.5. The van der Waals surface area contributed by atoms with Gasteiger partial charge in [0.2, 0.25) is 0 Å². The lowest BCUT2D eigenvalue weighted by atomic mass is 10.1. The first-order chi connectivity index (χ1) is 9.61. The average Bonchev–Trinajstić information content (AvgIpc) is 2.45. The smallest absolute Gasteiger partial charge is 0.255 e. The van der Waals surface area contributed by atoms with Gasteiger partial charge in [-0.25, -0.2) is 0 Å². The van der Waals surface area contributed by atoms with Crippen LogP contribution in [0.2, 0.25) is 0 Å². The second kappa shape index (κ2) is 6.06. The number of aromatic hydroxyl groups is 2. The van der Waals surface area contributed by atoms with Crippen molar-refractivity contribution in [1.82, 2.24) is 10.3 Å². The molecule has 0 saturated heterocycles. The van der Waals surface area contributed by atoms with Crippen LogP contribution in [0.1, 0.15) is 28.5 Å². The summed E-state index contributed by atoms with van der Waals surface area (Å²) < 4.78 is 0. The van der Waals surface area contributed by atoms with E-state index in [1.807, 2.05) is 19.1 Å². The third-order valence-corrected chi connectivity index (χ3v) is 3.01. The van der Waals surface area contributed by atoms with Gasteiger partial charge in [-0.3, -0.25) is 9.78 Å². The molecule has 1 aromatic heterocycles. The molecule has 0 aliphatic carbocycles. The third kappa shape index (κ3) is 3.06. The Morgan fingerprint density at radius 2 is 2.10 bits per heavy atom. The van der Waals surface area contributed by atoms with Gasteiger partial charge in [-0.15, -0.1) is 0 Å². The van der Waals surface area contributed by atoms with Gasteiger partial charge in [0, 0.05) is 12.3 Å². The second-order valence-corrected chi connectivity index (χ2v) is 4.35. The van der Waals surface area contributed by atoms with Gasteiger partial charge in [0.05, 0.1) is 17.8 Å². The fraction of sp³-hybridized carbons (Fsp3) is 0.200. The summed E-state index contributed by atoms with van der Waals surface area (Å²) >= 11 is 0. The van der Waals surface area contributed by atoms with Crippen LogP contribution in [-0.2, 0) is 13.0 Å². The Bertz CT molecular complexity index is 626. The summed E-state index contributed by atoms with van der Waals surface area (Å²) in [5.41, 5.74) is 2.00. The largest absolute Gasteiger partial charge is 0.508 e. The van der Waals surface area contributed by atoms with Crippen LogP contribution in [0.25, 0.3) is 0 Å². The van der Waals surface area contributed by atoms with E-state index in [1.165, 1.54) is 12.1 Å². The molecule has 1 aromatic carbocycles. The predicted molar refractivity (Wildman–Crippen MR) is 74.6 cm³/mol. The monoisotopic (exact) mass is 272 g/mol. The van der Waals surface area contributed by atoms with Crippen LogP contribution in [0, 0.1) is 0 Å². The number of pyridine rings is 1. The first-order valence-electron chi connectivity index (χ1n) is 6.34. The molecule has 0 radical (unpaired) electrons. The van der Waals surface area contributed by atoms with E-state index in [0.717, 1.165) is 23.7 Å². The summed E-state index contributed by atoms with van der Waals surface area (Å²) in [6.07, 6.45) is 2.52. The maximum Gasteiger partial charge on any atom is 0.255 e. The molecular formula is C15H16N2O3. The van der Waals surface area contributed by atoms with Gasteiger partial charge in [-0.2, -0.15) is 0 Å². The first kappa shape index (κ1) is 13.9. The van der Waals surface area contributed by atoms with Gasteiger partial charge < -0.3 is 15.5 Å². The highest BCUT2D eigenvalue weighted by atomic mass is 16.3. The summed E-state index contributed by atoms with van der Waals surface area (Å²) in [4.78, 5) is 16.2. The molecule has 0 bridgehead atoms. The Hall–Kier alpha value is -2.56. The molecule has 1 amide bonds. The van der Waals surface area contributed by atoms with E-state index >= 15 is 0 Å². The second-order valence-electron chi connectivity index (χ2n) is 4.35. The molecule has 2 rings (SSSR count). The van der Waals surface area contributed by atoms with E-state index < -0.39 is 5.91 Å². The van der Waals surface area contributed by atoms with Crippen LogP contribution in [0.15, 0.2) is 36.5 Å². The molecule has 0 saturated carbocycles. The maximum absolute atomic E-state index is 12.0. The zero-order valence-corrected chi connectivity index (χ0v) is 11.1. The lowest BCUT2D eigenvalue weighted by Crippen LogP contribution is -2.24. The van der Waals surface area contributed by atoms with Crippen molar-refractivity contribution in [2.75, 3.05) is 0 Å². The van der Waals surface area contributed by atoms with Gasteiger partial charge in [0.15, 0.2) is 0 Å². The molecular weight excluding hydrogens is 256 g/mol. The standard InChI is InChI=1S/C15H16N2O3/c1-2-10-4-3-7-16-13(10)9-17-15(20)12-6-5-11(18)8-14(12)19/h3-8,18-19H,2,9H2,1H3,(H,17,20). The van der Waals surface area contributed by atoms with Crippen molar-refractivity contribution in [3.63, 3.8) is 0 Å². The van der Waals surface area contributed by atoms with Gasteiger partial charge >= 0.3 is 0 Å². The van der Waals surface area contributed by atoms with Crippen molar-refractivity contribution in [2.45, 2.75) is 19.9 Å². The molecule has 0 unspecified atom stereocenters. The summed E-state index contributed by atoms with van der Waals surface area (Å²) in [6, 6.07) is 7.68. The number of benzene rings is 1. The highest BCUT2D eigenvalue weighted by molar-refractivity contribution is 5.96. The van der Waals surface area contributed by atoms with Gasteiger partial charge in [0.1, 0.15) is 11.5 Å². The van der Waals surface area contributed by atoms with E-state index in [9.17, 15) is 15.0 Å². The minimum atomic E-state index is -0.407. The van der Waals surface area contributed by atoms with Crippen molar-refractivity contribution >= 4 is 5.91 Å². The topological polar surface area (TPSA) is 82.5 Å². The number of hydrogen-bond donors (Lipinski definition) is 3. The number of rotatable bonds is 4. The first-order valence-corrected chi connectivity index (χ1v) is 6.34. The van der Waals surface area contributed by atoms with Crippen LogP contribution in [0.4, 0.5) is 0 Å². The lowest BCUT2D eigenvalue weighted by molar-refractivity contribution is 0.0947. The molecule has 3 N–H and O–H groups in total. The summed E-state index contributed by atoms with van der Waals surface area (Å²) in [5.74, 6) is -0.744. The molecule has 5 nitrogen and oxygen atoms in total. The maximum atomic E-state index is 12.0. The van der Waals surface area contributed by atoms with E-state index in [1.54, 1.807) is 6.20 Å². The van der Waals surface area contributed by atoms with Crippen LogP contribution >= 0.6 is 0 Å². The number of nitrogens with zero attached hydrogens (tertiary/aromatic N) is 1. The number of carbonyl (C=O) groups excluding carboxylic acids is 1. The SMILES string of the molecule is CCc1cccnc1CNC(=O)c1ccc(O)cc1O. The fourth-order valence-electron chi connectivity index (χ4n) is 1.92. The van der Waals surface area contributed by atoms with Gasteiger partial charge in [-0.05, 0) is 30.2 Å². The zero-order valence-electron chi connectivity index (χ0n) is 11.1. The van der Waals surface area contributed by atoms with Crippen LogP contribution in [0.5, 0.6) is 11.5 Å². The van der Waals surface area contributed by atoms with Crippen LogP contribution < -0.4 is 5.32 Å². The van der Waals surface area contributed by atoms with E-state index in [0.29, 0.717) is 6.54 Å². The van der Waals surface area contributed by atoms with Crippen molar-refractivity contribution in [3.05, 3.63) is 53.3 Å². The molecule has 0 spiro atoms. The molecule has 5 heteroatoms. The van der Waals surface area contributed by atoms with Crippen molar-refractivity contribution in [1.29, 1.82) is 0 Å². The Labute approximate surface area is 116 Å². The van der Waals surface area contributed by atoms with Crippen molar-refractivity contribution in [3.8, 4) is 11.5 Å². The summed E-state index contributed by atoms with van der Waals surface area (Å²) in [7, 11) is 0. The molecule has 1 heterocycles. The highest BCUT2D eigenvalue weighted by Crippen LogP contribution is 2.22. The molecule has 0 fully saturated rings. The number of carbonyl (C=O) groups is 1. The summed E-state index contributed by atoms with van der Waals surface area (Å²) in [5, 5.41) is 21.5. The summed E-state index contributed by atoms with van der Waals surface area (Å²) in [6.45, 7) is 2.32. The van der Waals surface area contributed by atoms with E-state index in [-0.39, 0.29) is 17.1 Å². The number of nitrogens with one attached hydrogen (secondary N) is 1. The lowest BCUT2D eigenvalue weighted by Gasteiger charge is -2.09. The van der Waals surface area contributed by atoms with E-state index in [2.05, 4.69) is 10.3 Å². The Balaban J connectivity index is 2.09. The van der Waals surface area contributed by atoms with Crippen molar-refractivity contribution in [2.24, 2.45) is 0 Å². The van der Waals surface area contributed by atoms with Crippen LogP contribution in [-0.4, -0.2) is 21.1 Å². The quantitative estimate of drug-likeness (QED) is 0.795. The minimum Gasteiger partial charge on any atom is -0.508 e. The van der Waals surface area contributed by atoms with Gasteiger partial charge in [0.25, 0.3) is 5.91 Å². The molecule has 104 valence electrons. The number of aryl methyl sites for hydroxylation is 1. The molecule has 0 atom stereocenters. The van der Waals surface area contributed by atoms with E-state index in [4.69, 9.17) is 0 Å². The third-order valence-electron chi connectivity index (χ3n) is 3.01. The highest BCUT2D eigenvalue weighted by Gasteiger charge is 2.12. The number of amides is 1. The molecule has 0 aliphatic heterocycles. The average molecular weight is 272 g/mol. The minimum absolute atomic E-state index is 0.0861. The van der Waals surface area contributed by atoms with Crippen LogP contribution in [0.3, 0.4) is 0 Å². The fourth-order valence-corrected chi connectivity index (χ4v) is 1.92. The number of phenols is 2. The number of phenolic OH excluding ortho intramolecular Hbond substituents is 2. The Kier molecular flexibility index (Phi) is 4.20. The Morgan fingerprint density at radius 3 is 2.80 bits per heavy atom. The Morgan fingerprint density at radius 1 is 1.30 bits per heavy atom. The molecule has 0 aliphatic rings.